The van der Waals surface area contributed by atoms with Gasteiger partial charge in [0.2, 0.25) is 5.91 Å². The van der Waals surface area contributed by atoms with Crippen molar-refractivity contribution < 1.29 is 14.3 Å². The van der Waals surface area contributed by atoms with E-state index in [1.807, 2.05) is 24.3 Å². The van der Waals surface area contributed by atoms with Gasteiger partial charge in [0, 0.05) is 29.6 Å². The van der Waals surface area contributed by atoms with Gasteiger partial charge >= 0.3 is 0 Å². The maximum absolute atomic E-state index is 12.6. The van der Waals surface area contributed by atoms with Gasteiger partial charge in [-0.25, -0.2) is 0 Å². The molecule has 2 aromatic carbocycles. The van der Waals surface area contributed by atoms with Crippen LogP contribution < -0.4 is 20.3 Å². The number of hydrogen-bond donors (Lipinski definition) is 1. The van der Waals surface area contributed by atoms with Gasteiger partial charge in [-0.1, -0.05) is 12.1 Å². The Labute approximate surface area is 177 Å². The van der Waals surface area contributed by atoms with Gasteiger partial charge in [0.05, 0.1) is 14.2 Å². The Morgan fingerprint density at radius 3 is 2.45 bits per heavy atom. The molecule has 1 amide bonds. The summed E-state index contributed by atoms with van der Waals surface area (Å²) in [5.41, 5.74) is 1.30. The molecule has 0 bridgehead atoms. The number of methoxy groups -OCH3 is 2. The van der Waals surface area contributed by atoms with E-state index in [-0.39, 0.29) is 24.4 Å². The predicted octanol–water partition coefficient (Wildman–Crippen LogP) is 4.35. The smallest absolute Gasteiger partial charge is 0.253 e. The zero-order valence-electron chi connectivity index (χ0n) is 16.0. The Hall–Kier alpha value is -2.97. The summed E-state index contributed by atoms with van der Waals surface area (Å²) in [5.74, 6) is 1.22. The van der Waals surface area contributed by atoms with Gasteiger partial charge in [-0.2, -0.15) is 0 Å². The number of carbonyl (C=O) groups is 1. The van der Waals surface area contributed by atoms with Crippen LogP contribution in [0.4, 0.5) is 5.69 Å². The molecule has 29 heavy (non-hydrogen) atoms. The number of hydrogen-bond acceptors (Lipinski definition) is 6. The van der Waals surface area contributed by atoms with Gasteiger partial charge in [0.1, 0.15) is 11.5 Å². The Kier molecular flexibility index (Phi) is 6.79. The molecule has 0 fully saturated rings. The van der Waals surface area contributed by atoms with E-state index in [0.29, 0.717) is 21.1 Å². The van der Waals surface area contributed by atoms with Crippen LogP contribution in [0.25, 0.3) is 10.4 Å². The molecule has 0 saturated carbocycles. The number of aromatic nitrogens is 1. The van der Waals surface area contributed by atoms with Crippen LogP contribution in [0.5, 0.6) is 11.5 Å². The maximum atomic E-state index is 12.6. The van der Waals surface area contributed by atoms with Crippen LogP contribution >= 0.6 is 23.6 Å². The van der Waals surface area contributed by atoms with E-state index in [0.717, 1.165) is 10.4 Å². The summed E-state index contributed by atoms with van der Waals surface area (Å²) < 4.78 is 12.2. The minimum absolute atomic E-state index is 0.140. The van der Waals surface area contributed by atoms with E-state index >= 15 is 0 Å². The highest BCUT2D eigenvalue weighted by molar-refractivity contribution is 7.73. The van der Waals surface area contributed by atoms with E-state index < -0.39 is 0 Å². The molecular weight excluding hydrogens is 408 g/mol. The summed E-state index contributed by atoms with van der Waals surface area (Å²) in [6.45, 7) is 0.217. The summed E-state index contributed by atoms with van der Waals surface area (Å²) in [4.78, 5) is 25.5. The molecule has 0 aliphatic heterocycles. The first-order valence-electron chi connectivity index (χ1n) is 8.83. The Balaban J connectivity index is 1.70. The van der Waals surface area contributed by atoms with Gasteiger partial charge in [0.25, 0.3) is 5.56 Å². The molecule has 1 aromatic heterocycles. The summed E-state index contributed by atoms with van der Waals surface area (Å²) in [6, 6.07) is 16.0. The molecule has 0 unspecified atom stereocenters. The third-order valence-corrected chi connectivity index (χ3v) is 5.67. The zero-order valence-corrected chi connectivity index (χ0v) is 17.6. The van der Waals surface area contributed by atoms with E-state index in [1.54, 1.807) is 38.5 Å². The highest BCUT2D eigenvalue weighted by Gasteiger charge is 2.09. The number of rotatable bonds is 7. The molecule has 1 heterocycles. The molecule has 0 aliphatic carbocycles. The third-order valence-electron chi connectivity index (χ3n) is 4.23. The Morgan fingerprint density at radius 2 is 1.79 bits per heavy atom. The van der Waals surface area contributed by atoms with Gasteiger partial charge in [-0.3, -0.25) is 14.2 Å². The van der Waals surface area contributed by atoms with Crippen molar-refractivity contribution in [2.45, 2.75) is 13.0 Å². The molecule has 150 valence electrons. The summed E-state index contributed by atoms with van der Waals surface area (Å²) >= 11 is 6.73. The van der Waals surface area contributed by atoms with E-state index in [9.17, 15) is 9.59 Å². The van der Waals surface area contributed by atoms with E-state index in [4.69, 9.17) is 21.7 Å². The first-order valence-corrected chi connectivity index (χ1v) is 10.1. The van der Waals surface area contributed by atoms with Crippen molar-refractivity contribution in [2.75, 3.05) is 19.5 Å². The lowest BCUT2D eigenvalue weighted by Crippen LogP contribution is -2.22. The Bertz CT molecular complexity index is 1090. The minimum atomic E-state index is -0.233. The number of anilines is 1. The Morgan fingerprint density at radius 1 is 1.07 bits per heavy atom. The molecule has 0 atom stereocenters. The van der Waals surface area contributed by atoms with Crippen molar-refractivity contribution in [1.29, 1.82) is 0 Å². The SMILES string of the molecule is COc1ccc(NC(=O)CCn2c(=O)cc(-c3cccc(OC)c3)sc2=S)cc1. The van der Waals surface area contributed by atoms with E-state index in [1.165, 1.54) is 22.0 Å². The van der Waals surface area contributed by atoms with Crippen LogP contribution in [0, 0.1) is 3.95 Å². The van der Waals surface area contributed by atoms with Crippen LogP contribution in [-0.4, -0.2) is 24.7 Å². The lowest BCUT2D eigenvalue weighted by Gasteiger charge is -2.09. The largest absolute Gasteiger partial charge is 0.497 e. The second kappa shape index (κ2) is 9.49. The standard InChI is InChI=1S/C21H20N2O4S2/c1-26-16-8-6-15(7-9-16)22-19(24)10-11-23-20(25)13-18(29-21(23)28)14-4-3-5-17(12-14)27-2/h3-9,12-13H,10-11H2,1-2H3,(H,22,24). The molecular formula is C21H20N2O4S2. The number of carbonyl (C=O) groups excluding carboxylic acids is 1. The topological polar surface area (TPSA) is 69.6 Å². The van der Waals surface area contributed by atoms with Gasteiger partial charge in [-0.15, -0.1) is 11.3 Å². The number of nitrogens with zero attached hydrogens (tertiary/aromatic N) is 1. The average Bonchev–Trinajstić information content (AvgIpc) is 2.73. The van der Waals surface area contributed by atoms with E-state index in [2.05, 4.69) is 5.32 Å². The summed E-state index contributed by atoms with van der Waals surface area (Å²) in [6.07, 6.45) is 0.140. The first kappa shape index (κ1) is 20.8. The monoisotopic (exact) mass is 428 g/mol. The highest BCUT2D eigenvalue weighted by atomic mass is 32.1. The van der Waals surface area contributed by atoms with Crippen LogP contribution in [-0.2, 0) is 11.3 Å². The van der Waals surface area contributed by atoms with Crippen LogP contribution in [0.15, 0.2) is 59.4 Å². The lowest BCUT2D eigenvalue weighted by molar-refractivity contribution is -0.116. The molecule has 6 nitrogen and oxygen atoms in total. The molecule has 0 spiro atoms. The van der Waals surface area contributed by atoms with Crippen molar-refractivity contribution in [1.82, 2.24) is 4.57 Å². The van der Waals surface area contributed by atoms with Crippen molar-refractivity contribution in [3.05, 3.63) is 68.9 Å². The molecule has 3 rings (SSSR count). The van der Waals surface area contributed by atoms with Gasteiger partial charge < -0.3 is 14.8 Å². The second-order valence-corrected chi connectivity index (χ2v) is 7.80. The lowest BCUT2D eigenvalue weighted by atomic mass is 10.2. The van der Waals surface area contributed by atoms with Crippen molar-refractivity contribution in [3.63, 3.8) is 0 Å². The van der Waals surface area contributed by atoms with Crippen LogP contribution in [0.3, 0.4) is 0 Å². The minimum Gasteiger partial charge on any atom is -0.497 e. The van der Waals surface area contributed by atoms with Gasteiger partial charge in [-0.05, 0) is 54.2 Å². The predicted molar refractivity (Wildman–Crippen MR) is 118 cm³/mol. The first-order chi connectivity index (χ1) is 14.0. The van der Waals surface area contributed by atoms with Gasteiger partial charge in [0.15, 0.2) is 3.95 Å². The third kappa shape index (κ3) is 5.30. The van der Waals surface area contributed by atoms with Crippen molar-refractivity contribution >= 4 is 35.1 Å². The molecule has 1 N–H and O–H groups in total. The summed E-state index contributed by atoms with van der Waals surface area (Å²) in [7, 11) is 3.17. The fraction of sp³-hybridized carbons (Fsp3) is 0.190. The molecule has 3 aromatic rings. The highest BCUT2D eigenvalue weighted by Crippen LogP contribution is 2.26. The van der Waals surface area contributed by atoms with Crippen molar-refractivity contribution in [3.8, 4) is 21.9 Å². The van der Waals surface area contributed by atoms with Crippen LogP contribution in [0.1, 0.15) is 6.42 Å². The van der Waals surface area contributed by atoms with Crippen molar-refractivity contribution in [2.24, 2.45) is 0 Å². The zero-order chi connectivity index (χ0) is 20.8. The van der Waals surface area contributed by atoms with Crippen LogP contribution in [0.2, 0.25) is 0 Å². The summed E-state index contributed by atoms with van der Waals surface area (Å²) in [5, 5.41) is 2.80. The average molecular weight is 429 g/mol. The number of nitrogens with one attached hydrogen (secondary N) is 1. The second-order valence-electron chi connectivity index (χ2n) is 6.13. The quantitative estimate of drug-likeness (QED) is 0.567. The maximum Gasteiger partial charge on any atom is 0.253 e. The number of benzene rings is 2. The molecule has 0 saturated heterocycles. The number of ether oxygens (including phenoxy) is 2. The molecule has 0 radical (unpaired) electrons. The fourth-order valence-electron chi connectivity index (χ4n) is 2.69. The normalized spacial score (nSPS) is 10.4. The molecule has 8 heteroatoms. The molecule has 0 aliphatic rings. The number of amides is 1. The fourth-order valence-corrected chi connectivity index (χ4v) is 4.02.